The summed E-state index contributed by atoms with van der Waals surface area (Å²) in [5.74, 6) is 0.410. The molecule has 2 nitrogen and oxygen atoms in total. The fraction of sp³-hybridized carbons (Fsp3) is 0.235. The normalized spacial score (nSPS) is 13.7. The van der Waals surface area contributed by atoms with Gasteiger partial charge in [-0.25, -0.2) is 4.39 Å². The van der Waals surface area contributed by atoms with Crippen LogP contribution in [0.5, 0.6) is 0 Å². The predicted molar refractivity (Wildman–Crippen MR) is 78.5 cm³/mol. The number of aryl methyl sites for hydroxylation is 1. The van der Waals surface area contributed by atoms with Gasteiger partial charge in [-0.15, -0.1) is 0 Å². The van der Waals surface area contributed by atoms with E-state index in [1.807, 2.05) is 31.2 Å². The molecule has 1 heterocycles. The number of hydrogen-bond acceptors (Lipinski definition) is 1. The fourth-order valence-electron chi connectivity index (χ4n) is 2.73. The van der Waals surface area contributed by atoms with Crippen LogP contribution in [0, 0.1) is 18.2 Å². The second-order valence-electron chi connectivity index (χ2n) is 5.25. The minimum absolute atomic E-state index is 0.187. The van der Waals surface area contributed by atoms with Gasteiger partial charge in [-0.3, -0.25) is 5.41 Å². The summed E-state index contributed by atoms with van der Waals surface area (Å²) in [6.45, 7) is 3.53. The maximum Gasteiger partial charge on any atom is 0.128 e. The highest BCUT2D eigenvalue weighted by Crippen LogP contribution is 2.22. The molecule has 0 bridgehead atoms. The largest absolute Gasteiger partial charge is 0.352 e. The van der Waals surface area contributed by atoms with Crippen molar-refractivity contribution in [1.29, 1.82) is 5.41 Å². The fourth-order valence-corrected chi connectivity index (χ4v) is 2.73. The molecule has 3 heteroatoms. The molecule has 0 amide bonds. The molecule has 0 radical (unpaired) electrons. The summed E-state index contributed by atoms with van der Waals surface area (Å²) in [7, 11) is 0. The first-order valence-corrected chi connectivity index (χ1v) is 6.82. The van der Waals surface area contributed by atoms with E-state index in [2.05, 4.69) is 11.0 Å². The van der Waals surface area contributed by atoms with Gasteiger partial charge in [-0.05, 0) is 42.2 Å². The highest BCUT2D eigenvalue weighted by atomic mass is 19.1. The summed E-state index contributed by atoms with van der Waals surface area (Å²) >= 11 is 0. The van der Waals surface area contributed by atoms with Gasteiger partial charge < -0.3 is 4.90 Å². The summed E-state index contributed by atoms with van der Waals surface area (Å²) < 4.78 is 13.1. The summed E-state index contributed by atoms with van der Waals surface area (Å²) in [5.41, 5.74) is 4.38. The van der Waals surface area contributed by atoms with Crippen LogP contribution in [0.15, 0.2) is 42.5 Å². The Morgan fingerprint density at radius 2 is 2.00 bits per heavy atom. The van der Waals surface area contributed by atoms with Crippen molar-refractivity contribution >= 4 is 5.84 Å². The molecule has 0 saturated carbocycles. The molecule has 20 heavy (non-hydrogen) atoms. The van der Waals surface area contributed by atoms with Gasteiger partial charge in [-0.1, -0.05) is 30.3 Å². The molecule has 0 fully saturated rings. The lowest BCUT2D eigenvalue weighted by Gasteiger charge is -2.18. The monoisotopic (exact) mass is 268 g/mol. The van der Waals surface area contributed by atoms with Crippen molar-refractivity contribution in [1.82, 2.24) is 4.90 Å². The molecule has 1 aliphatic heterocycles. The Morgan fingerprint density at radius 1 is 1.20 bits per heavy atom. The lowest BCUT2D eigenvalue weighted by molar-refractivity contribution is 0.432. The predicted octanol–water partition coefficient (Wildman–Crippen LogP) is 3.52. The topological polar surface area (TPSA) is 27.1 Å². The van der Waals surface area contributed by atoms with E-state index in [1.165, 1.54) is 11.6 Å². The maximum atomic E-state index is 13.1. The third-order valence-electron chi connectivity index (χ3n) is 3.91. The van der Waals surface area contributed by atoms with E-state index < -0.39 is 0 Å². The Balaban J connectivity index is 1.70. The maximum absolute atomic E-state index is 13.1. The standard InChI is InChI=1S/C17H17FN2/c1-12-10-15(18)7-6-13(12)8-9-20-11-14-4-2-3-5-16(14)17(20)19/h2-7,10,19H,8-9,11H2,1H3. The van der Waals surface area contributed by atoms with Crippen LogP contribution >= 0.6 is 0 Å². The number of amidine groups is 1. The van der Waals surface area contributed by atoms with E-state index in [9.17, 15) is 4.39 Å². The number of nitrogens with one attached hydrogen (secondary N) is 1. The highest BCUT2D eigenvalue weighted by Gasteiger charge is 2.22. The molecule has 1 N–H and O–H groups in total. The highest BCUT2D eigenvalue weighted by molar-refractivity contribution is 6.00. The summed E-state index contributed by atoms with van der Waals surface area (Å²) in [6, 6.07) is 13.0. The first kappa shape index (κ1) is 12.9. The summed E-state index contributed by atoms with van der Waals surface area (Å²) in [6.07, 6.45) is 0.836. The Hall–Kier alpha value is -2.16. The first-order chi connectivity index (χ1) is 9.65. The molecule has 0 aromatic heterocycles. The molecule has 0 spiro atoms. The zero-order chi connectivity index (χ0) is 14.1. The van der Waals surface area contributed by atoms with E-state index in [-0.39, 0.29) is 5.82 Å². The lowest BCUT2D eigenvalue weighted by Crippen LogP contribution is -2.26. The van der Waals surface area contributed by atoms with Gasteiger partial charge in [0.05, 0.1) is 0 Å². The smallest absolute Gasteiger partial charge is 0.128 e. The van der Waals surface area contributed by atoms with Crippen LogP contribution in [-0.2, 0) is 13.0 Å². The summed E-state index contributed by atoms with van der Waals surface area (Å²) in [4.78, 5) is 2.08. The van der Waals surface area contributed by atoms with Gasteiger partial charge in [0.2, 0.25) is 0 Å². The second-order valence-corrected chi connectivity index (χ2v) is 5.25. The van der Waals surface area contributed by atoms with Crippen molar-refractivity contribution in [3.8, 4) is 0 Å². The average Bonchev–Trinajstić information content (AvgIpc) is 2.75. The van der Waals surface area contributed by atoms with E-state index in [0.29, 0.717) is 5.84 Å². The van der Waals surface area contributed by atoms with Crippen molar-refractivity contribution in [2.45, 2.75) is 19.9 Å². The number of halogens is 1. The molecule has 102 valence electrons. The van der Waals surface area contributed by atoms with E-state index in [4.69, 9.17) is 5.41 Å². The number of nitrogens with zero attached hydrogens (tertiary/aromatic N) is 1. The Labute approximate surface area is 118 Å². The quantitative estimate of drug-likeness (QED) is 0.906. The molecule has 0 saturated heterocycles. The van der Waals surface area contributed by atoms with Crippen molar-refractivity contribution < 1.29 is 4.39 Å². The minimum Gasteiger partial charge on any atom is -0.352 e. The molecule has 1 aliphatic rings. The van der Waals surface area contributed by atoms with Crippen LogP contribution < -0.4 is 0 Å². The summed E-state index contributed by atoms with van der Waals surface area (Å²) in [5, 5.41) is 8.21. The Morgan fingerprint density at radius 3 is 2.75 bits per heavy atom. The molecule has 0 atom stereocenters. The second kappa shape index (κ2) is 5.08. The van der Waals surface area contributed by atoms with Gasteiger partial charge in [0.25, 0.3) is 0 Å². The van der Waals surface area contributed by atoms with Gasteiger partial charge in [0, 0.05) is 18.7 Å². The molecular formula is C17H17FN2. The Bertz CT molecular complexity index is 664. The third-order valence-corrected chi connectivity index (χ3v) is 3.91. The van der Waals surface area contributed by atoms with Gasteiger partial charge >= 0.3 is 0 Å². The van der Waals surface area contributed by atoms with Crippen molar-refractivity contribution in [2.75, 3.05) is 6.54 Å². The number of hydrogen-bond donors (Lipinski definition) is 1. The van der Waals surface area contributed by atoms with Gasteiger partial charge in [-0.2, -0.15) is 0 Å². The van der Waals surface area contributed by atoms with Crippen molar-refractivity contribution in [3.63, 3.8) is 0 Å². The third kappa shape index (κ3) is 2.31. The van der Waals surface area contributed by atoms with Gasteiger partial charge in [0.1, 0.15) is 11.7 Å². The van der Waals surface area contributed by atoms with Crippen LogP contribution in [0.3, 0.4) is 0 Å². The minimum atomic E-state index is -0.187. The SMILES string of the molecule is Cc1cc(F)ccc1CCN1Cc2ccccc2C1=N. The van der Waals surface area contributed by atoms with E-state index in [1.54, 1.807) is 6.07 Å². The van der Waals surface area contributed by atoms with Gasteiger partial charge in [0.15, 0.2) is 0 Å². The molecule has 0 unspecified atom stereocenters. The van der Waals surface area contributed by atoms with Crippen molar-refractivity contribution in [2.24, 2.45) is 0 Å². The first-order valence-electron chi connectivity index (χ1n) is 6.82. The number of fused-ring (bicyclic) bond motifs is 1. The lowest BCUT2D eigenvalue weighted by atomic mass is 10.1. The number of rotatable bonds is 3. The average molecular weight is 268 g/mol. The van der Waals surface area contributed by atoms with Crippen LogP contribution in [0.1, 0.15) is 22.3 Å². The Kier molecular flexibility index (Phi) is 3.26. The van der Waals surface area contributed by atoms with Crippen molar-refractivity contribution in [3.05, 3.63) is 70.5 Å². The molecule has 0 aliphatic carbocycles. The molecular weight excluding hydrogens is 251 g/mol. The molecule has 2 aromatic carbocycles. The van der Waals surface area contributed by atoms with Crippen LogP contribution in [0.2, 0.25) is 0 Å². The van der Waals surface area contributed by atoms with Crippen LogP contribution in [0.4, 0.5) is 4.39 Å². The molecule has 3 rings (SSSR count). The number of benzene rings is 2. The zero-order valence-corrected chi connectivity index (χ0v) is 11.5. The van der Waals surface area contributed by atoms with Crippen LogP contribution in [0.25, 0.3) is 0 Å². The van der Waals surface area contributed by atoms with Crippen LogP contribution in [-0.4, -0.2) is 17.3 Å². The molecule has 2 aromatic rings. The van der Waals surface area contributed by atoms with E-state index in [0.717, 1.165) is 36.2 Å². The zero-order valence-electron chi connectivity index (χ0n) is 11.5. The van der Waals surface area contributed by atoms with E-state index >= 15 is 0 Å².